The van der Waals surface area contributed by atoms with Crippen LogP contribution in [-0.4, -0.2) is 11.0 Å². The Morgan fingerprint density at radius 3 is 2.00 bits per heavy atom. The smallest absolute Gasteiger partial charge is 0.0125 e. The van der Waals surface area contributed by atoms with E-state index in [0.29, 0.717) is 0 Å². The van der Waals surface area contributed by atoms with E-state index in [4.69, 9.17) is 0 Å². The van der Waals surface area contributed by atoms with Crippen molar-refractivity contribution in [3.8, 4) is 0 Å². The third-order valence-electron chi connectivity index (χ3n) is 5.45. The molecule has 0 heterocycles. The van der Waals surface area contributed by atoms with Crippen LogP contribution in [0.1, 0.15) is 54.4 Å². The fourth-order valence-corrected chi connectivity index (χ4v) is 5.34. The number of hydrogen-bond donors (Lipinski definition) is 0. The van der Waals surface area contributed by atoms with Crippen molar-refractivity contribution in [3.63, 3.8) is 0 Å². The second-order valence-electron chi connectivity index (χ2n) is 7.03. The summed E-state index contributed by atoms with van der Waals surface area (Å²) in [4.78, 5) is 0. The summed E-state index contributed by atoms with van der Waals surface area (Å²) in [5, 5.41) is 0.881. The molecule has 0 radical (unpaired) electrons. The predicted octanol–water partition coefficient (Wildman–Crippen LogP) is 6.28. The zero-order valence-electron chi connectivity index (χ0n) is 14.3. The van der Waals surface area contributed by atoms with Crippen molar-refractivity contribution in [3.05, 3.63) is 76.9 Å². The summed E-state index contributed by atoms with van der Waals surface area (Å²) in [5.74, 6) is 1.14. The minimum Gasteiger partial charge on any atom is -0.154 e. The quantitative estimate of drug-likeness (QED) is 0.636. The molecule has 2 aromatic rings. The van der Waals surface area contributed by atoms with E-state index in [2.05, 4.69) is 66.4 Å². The Morgan fingerprint density at radius 2 is 1.38 bits per heavy atom. The summed E-state index contributed by atoms with van der Waals surface area (Å²) >= 11 is 2.17. The molecule has 0 aromatic heterocycles. The zero-order valence-corrected chi connectivity index (χ0v) is 15.2. The maximum Gasteiger partial charge on any atom is 0.0125 e. The van der Waals surface area contributed by atoms with Crippen LogP contribution in [-0.2, 0) is 12.8 Å². The Kier molecular flexibility index (Phi) is 5.08. The van der Waals surface area contributed by atoms with Gasteiger partial charge in [-0.05, 0) is 53.5 Å². The molecule has 0 unspecified atom stereocenters. The molecule has 24 heavy (non-hydrogen) atoms. The van der Waals surface area contributed by atoms with Crippen LogP contribution in [0.2, 0.25) is 0 Å². The molecule has 2 aromatic carbocycles. The first-order valence-corrected chi connectivity index (χ1v) is 10.4. The van der Waals surface area contributed by atoms with Gasteiger partial charge in [0, 0.05) is 11.0 Å². The van der Waals surface area contributed by atoms with Gasteiger partial charge in [-0.15, -0.1) is 0 Å². The monoisotopic (exact) mass is 334 g/mol. The Hall–Kier alpha value is -1.47. The molecule has 0 aliphatic heterocycles. The maximum atomic E-state index is 2.50. The van der Waals surface area contributed by atoms with E-state index in [1.807, 2.05) is 0 Å². The Morgan fingerprint density at radius 1 is 0.792 bits per heavy atom. The van der Waals surface area contributed by atoms with E-state index in [1.165, 1.54) is 59.9 Å². The fourth-order valence-electron chi connectivity index (χ4n) is 4.14. The molecule has 4 rings (SSSR count). The topological polar surface area (TPSA) is 0 Å². The number of aryl methyl sites for hydroxylation is 2. The molecule has 124 valence electrons. The highest BCUT2D eigenvalue weighted by Crippen LogP contribution is 2.35. The van der Waals surface area contributed by atoms with Crippen LogP contribution in [0.3, 0.4) is 0 Å². The molecule has 0 atom stereocenters. The van der Waals surface area contributed by atoms with Gasteiger partial charge in [0.05, 0.1) is 0 Å². The van der Waals surface area contributed by atoms with E-state index in [1.54, 1.807) is 0 Å². The maximum absolute atomic E-state index is 2.50. The molecule has 1 fully saturated rings. The lowest BCUT2D eigenvalue weighted by Gasteiger charge is -2.20. The molecule has 0 nitrogen and oxygen atoms in total. The van der Waals surface area contributed by atoms with Crippen LogP contribution in [0.5, 0.6) is 0 Å². The molecule has 0 saturated heterocycles. The number of benzene rings is 2. The third-order valence-corrected chi connectivity index (χ3v) is 6.75. The third kappa shape index (κ3) is 3.47. The summed E-state index contributed by atoms with van der Waals surface area (Å²) in [5.41, 5.74) is 7.37. The van der Waals surface area contributed by atoms with E-state index in [9.17, 15) is 0 Å². The summed E-state index contributed by atoms with van der Waals surface area (Å²) in [6.45, 7) is 0. The molecular formula is C23H26S. The van der Waals surface area contributed by atoms with Crippen LogP contribution in [0.25, 0.3) is 5.57 Å². The van der Waals surface area contributed by atoms with Crippen LogP contribution in [0.4, 0.5) is 0 Å². The normalized spacial score (nSPS) is 17.8. The molecule has 0 amide bonds. The van der Waals surface area contributed by atoms with Crippen molar-refractivity contribution in [1.82, 2.24) is 0 Å². The molecule has 0 N–H and O–H groups in total. The molecule has 1 heteroatoms. The van der Waals surface area contributed by atoms with Gasteiger partial charge in [-0.1, -0.05) is 73.9 Å². The second kappa shape index (κ2) is 7.61. The number of thioether (sulfide) groups is 1. The molecule has 0 spiro atoms. The van der Waals surface area contributed by atoms with Crippen molar-refractivity contribution >= 4 is 17.3 Å². The Labute approximate surface area is 150 Å². The molecule has 2 aliphatic rings. The van der Waals surface area contributed by atoms with Gasteiger partial charge in [0.25, 0.3) is 0 Å². The van der Waals surface area contributed by atoms with Crippen LogP contribution in [0.15, 0.2) is 54.6 Å². The summed E-state index contributed by atoms with van der Waals surface area (Å²) < 4.78 is 0. The first kappa shape index (κ1) is 16.0. The highest BCUT2D eigenvalue weighted by molar-refractivity contribution is 8.00. The highest BCUT2D eigenvalue weighted by atomic mass is 32.2. The number of hydrogen-bond acceptors (Lipinski definition) is 1. The minimum atomic E-state index is 0.881. The van der Waals surface area contributed by atoms with E-state index >= 15 is 0 Å². The van der Waals surface area contributed by atoms with Crippen LogP contribution < -0.4 is 0 Å². The molecule has 0 bridgehead atoms. The van der Waals surface area contributed by atoms with Crippen molar-refractivity contribution in [2.24, 2.45) is 0 Å². The predicted molar refractivity (Wildman–Crippen MR) is 107 cm³/mol. The van der Waals surface area contributed by atoms with Gasteiger partial charge in [-0.25, -0.2) is 0 Å². The average molecular weight is 335 g/mol. The minimum absolute atomic E-state index is 0.881. The largest absolute Gasteiger partial charge is 0.154 e. The van der Waals surface area contributed by atoms with Crippen molar-refractivity contribution < 1.29 is 0 Å². The lowest BCUT2D eigenvalue weighted by Crippen LogP contribution is -2.08. The first-order valence-electron chi connectivity index (χ1n) is 9.40. The van der Waals surface area contributed by atoms with Gasteiger partial charge in [-0.2, -0.15) is 11.8 Å². The number of fused-ring (bicyclic) bond motifs is 2. The fraction of sp³-hybridized carbons (Fsp3) is 0.391. The molecule has 2 aliphatic carbocycles. The van der Waals surface area contributed by atoms with E-state index in [-0.39, 0.29) is 0 Å². The lowest BCUT2D eigenvalue weighted by molar-refractivity contribution is 0.516. The van der Waals surface area contributed by atoms with Gasteiger partial charge in [0.15, 0.2) is 0 Å². The van der Waals surface area contributed by atoms with Gasteiger partial charge >= 0.3 is 0 Å². The SMILES string of the molecule is C(CSC1CCCCC1)=C1c2ccccc2CCc2ccccc21. The zero-order chi connectivity index (χ0) is 16.2. The van der Waals surface area contributed by atoms with Gasteiger partial charge < -0.3 is 0 Å². The first-order chi connectivity index (χ1) is 11.9. The Bertz CT molecular complexity index is 673. The highest BCUT2D eigenvalue weighted by Gasteiger charge is 2.18. The van der Waals surface area contributed by atoms with Gasteiger partial charge in [-0.3, -0.25) is 0 Å². The van der Waals surface area contributed by atoms with Crippen LogP contribution >= 0.6 is 11.8 Å². The summed E-state index contributed by atoms with van der Waals surface area (Å²) in [6, 6.07) is 18.0. The Balaban J connectivity index is 1.63. The lowest BCUT2D eigenvalue weighted by atomic mass is 9.94. The van der Waals surface area contributed by atoms with Crippen molar-refractivity contribution in [2.45, 2.75) is 50.2 Å². The summed E-state index contributed by atoms with van der Waals surface area (Å²) in [6.07, 6.45) is 11.9. The summed E-state index contributed by atoms with van der Waals surface area (Å²) in [7, 11) is 0. The van der Waals surface area contributed by atoms with Gasteiger partial charge in [0.1, 0.15) is 0 Å². The second-order valence-corrected chi connectivity index (χ2v) is 8.36. The standard InChI is InChI=1S/C23H26S/c1-2-10-20(11-3-1)24-17-16-23-21-12-6-4-8-18(21)14-15-19-9-5-7-13-22(19)23/h4-9,12-13,16,20H,1-3,10-11,14-15,17H2. The van der Waals surface area contributed by atoms with Crippen LogP contribution in [0, 0.1) is 0 Å². The van der Waals surface area contributed by atoms with Crippen molar-refractivity contribution in [1.29, 1.82) is 0 Å². The average Bonchev–Trinajstić information content (AvgIpc) is 2.80. The molecular weight excluding hydrogens is 308 g/mol. The number of rotatable bonds is 3. The van der Waals surface area contributed by atoms with Gasteiger partial charge in [0.2, 0.25) is 0 Å². The van der Waals surface area contributed by atoms with E-state index in [0.717, 1.165) is 23.8 Å². The van der Waals surface area contributed by atoms with E-state index < -0.39 is 0 Å². The van der Waals surface area contributed by atoms with Crippen molar-refractivity contribution in [2.75, 3.05) is 5.75 Å². The molecule has 1 saturated carbocycles.